The normalized spacial score (nSPS) is 20.6. The van der Waals surface area contributed by atoms with Crippen molar-refractivity contribution in [3.05, 3.63) is 42.4 Å². The van der Waals surface area contributed by atoms with Gasteiger partial charge in [-0.15, -0.1) is 0 Å². The second-order valence-corrected chi connectivity index (χ2v) is 6.67. The number of rotatable bonds is 4. The van der Waals surface area contributed by atoms with Crippen LogP contribution < -0.4 is 4.90 Å². The number of pyridine rings is 1. The predicted octanol–water partition coefficient (Wildman–Crippen LogP) is 1.06. The number of β-amino-alcohol motifs (C(OH)–C–C–N with tert-alkyl or cyclic N) is 1. The van der Waals surface area contributed by atoms with Gasteiger partial charge in [-0.2, -0.15) is 0 Å². The minimum Gasteiger partial charge on any atom is -0.386 e. The van der Waals surface area contributed by atoms with Crippen LogP contribution in [0.25, 0.3) is 0 Å². The quantitative estimate of drug-likeness (QED) is 0.895. The number of nitrogens with zero attached hydrogens (tertiary/aromatic N) is 5. The third kappa shape index (κ3) is 3.96. The van der Waals surface area contributed by atoms with Crippen LogP contribution in [0.2, 0.25) is 0 Å². The monoisotopic (exact) mass is 347 g/mol. The van der Waals surface area contributed by atoms with Gasteiger partial charge in [0, 0.05) is 33.4 Å². The van der Waals surface area contributed by atoms with Gasteiger partial charge in [-0.3, -0.25) is 4.79 Å². The highest BCUT2D eigenvalue weighted by Crippen LogP contribution is 2.26. The van der Waals surface area contributed by atoms with Gasteiger partial charge in [0.25, 0.3) is 5.91 Å². The highest BCUT2D eigenvalue weighted by molar-refractivity contribution is 5.91. The highest BCUT2D eigenvalue weighted by Gasteiger charge is 2.36. The number of carbonyl (C=O) groups is 1. The van der Waals surface area contributed by atoms with E-state index < -0.39 is 11.4 Å². The van der Waals surface area contributed by atoms with Crippen molar-refractivity contribution < 1.29 is 14.3 Å². The average Bonchev–Trinajstić information content (AvgIpc) is 3.01. The van der Waals surface area contributed by atoms with Crippen molar-refractivity contribution in [1.29, 1.82) is 0 Å². The van der Waals surface area contributed by atoms with E-state index >= 15 is 0 Å². The van der Waals surface area contributed by atoms with E-state index in [9.17, 15) is 14.3 Å². The molecule has 1 atom stereocenters. The maximum absolute atomic E-state index is 13.0. The molecular formula is C17H22FN5O2. The molecule has 2 aromatic rings. The number of aryl methyl sites for hydroxylation is 1. The molecule has 0 saturated carbocycles. The molecule has 8 heteroatoms. The number of hydrogen-bond donors (Lipinski definition) is 1. The second kappa shape index (κ2) is 6.79. The van der Waals surface area contributed by atoms with E-state index in [0.717, 1.165) is 13.0 Å². The number of amides is 1. The minimum absolute atomic E-state index is 0.195. The zero-order valence-corrected chi connectivity index (χ0v) is 14.4. The number of imidazole rings is 1. The molecule has 25 heavy (non-hydrogen) atoms. The fourth-order valence-corrected chi connectivity index (χ4v) is 3.22. The summed E-state index contributed by atoms with van der Waals surface area (Å²) in [5.41, 5.74) is -0.700. The molecule has 1 amide bonds. The van der Waals surface area contributed by atoms with E-state index in [4.69, 9.17) is 0 Å². The first-order valence-electron chi connectivity index (χ1n) is 8.19. The van der Waals surface area contributed by atoms with Gasteiger partial charge in [-0.25, -0.2) is 14.4 Å². The molecule has 1 aliphatic heterocycles. The number of anilines is 1. The Morgan fingerprint density at radius 1 is 1.44 bits per heavy atom. The van der Waals surface area contributed by atoms with Gasteiger partial charge in [0.15, 0.2) is 0 Å². The first-order valence-corrected chi connectivity index (χ1v) is 8.19. The maximum Gasteiger partial charge on any atom is 0.273 e. The van der Waals surface area contributed by atoms with Crippen molar-refractivity contribution in [2.75, 3.05) is 31.6 Å². The Morgan fingerprint density at radius 3 is 2.88 bits per heavy atom. The van der Waals surface area contributed by atoms with Crippen LogP contribution in [-0.4, -0.2) is 62.7 Å². The molecule has 0 unspecified atom stereocenters. The van der Waals surface area contributed by atoms with Crippen LogP contribution in [0.4, 0.5) is 10.2 Å². The fourth-order valence-electron chi connectivity index (χ4n) is 3.22. The molecule has 0 aliphatic carbocycles. The van der Waals surface area contributed by atoms with Crippen molar-refractivity contribution in [3.63, 3.8) is 0 Å². The first-order chi connectivity index (χ1) is 11.9. The summed E-state index contributed by atoms with van der Waals surface area (Å²) in [7, 11) is 3.45. The van der Waals surface area contributed by atoms with Gasteiger partial charge >= 0.3 is 0 Å². The molecule has 1 N–H and O–H groups in total. The Labute approximate surface area is 145 Å². The summed E-state index contributed by atoms with van der Waals surface area (Å²) < 4.78 is 14.8. The van der Waals surface area contributed by atoms with Crippen LogP contribution in [0, 0.1) is 5.82 Å². The molecule has 7 nitrogen and oxygen atoms in total. The third-order valence-corrected chi connectivity index (χ3v) is 4.39. The number of aliphatic hydroxyl groups is 1. The van der Waals surface area contributed by atoms with Gasteiger partial charge < -0.3 is 19.5 Å². The van der Waals surface area contributed by atoms with Crippen LogP contribution in [0.1, 0.15) is 23.3 Å². The van der Waals surface area contributed by atoms with Crippen molar-refractivity contribution in [2.24, 2.45) is 7.05 Å². The van der Waals surface area contributed by atoms with Gasteiger partial charge in [0.05, 0.1) is 24.7 Å². The molecule has 1 fully saturated rings. The summed E-state index contributed by atoms with van der Waals surface area (Å²) >= 11 is 0. The largest absolute Gasteiger partial charge is 0.386 e. The van der Waals surface area contributed by atoms with Gasteiger partial charge in [-0.1, -0.05) is 0 Å². The Kier molecular flexibility index (Phi) is 4.71. The van der Waals surface area contributed by atoms with E-state index in [1.807, 2.05) is 4.90 Å². The Morgan fingerprint density at radius 2 is 2.24 bits per heavy atom. The lowest BCUT2D eigenvalue weighted by Gasteiger charge is -2.41. The number of piperidine rings is 1. The van der Waals surface area contributed by atoms with Crippen molar-refractivity contribution in [2.45, 2.75) is 18.4 Å². The lowest BCUT2D eigenvalue weighted by Crippen LogP contribution is -2.54. The number of halogens is 1. The Balaban J connectivity index is 1.68. The van der Waals surface area contributed by atoms with Crippen LogP contribution in [-0.2, 0) is 7.05 Å². The Hall–Kier alpha value is -2.48. The smallest absolute Gasteiger partial charge is 0.273 e. The molecule has 1 saturated heterocycles. The van der Waals surface area contributed by atoms with Crippen molar-refractivity contribution in [1.82, 2.24) is 19.4 Å². The fraction of sp³-hybridized carbons (Fsp3) is 0.471. The average molecular weight is 347 g/mol. The number of hydrogen-bond acceptors (Lipinski definition) is 5. The van der Waals surface area contributed by atoms with Gasteiger partial charge in [0.1, 0.15) is 17.3 Å². The summed E-state index contributed by atoms with van der Waals surface area (Å²) in [5.74, 6) is 0.000925. The molecule has 3 heterocycles. The number of carbonyl (C=O) groups excluding carboxylic acids is 1. The molecular weight excluding hydrogens is 325 g/mol. The van der Waals surface area contributed by atoms with Crippen molar-refractivity contribution in [3.8, 4) is 0 Å². The summed E-state index contributed by atoms with van der Waals surface area (Å²) in [6.45, 7) is 1.27. The molecule has 134 valence electrons. The topological polar surface area (TPSA) is 74.5 Å². The predicted molar refractivity (Wildman–Crippen MR) is 90.8 cm³/mol. The number of aromatic nitrogens is 3. The van der Waals surface area contributed by atoms with E-state index in [1.54, 1.807) is 37.3 Å². The molecule has 2 aromatic heterocycles. The van der Waals surface area contributed by atoms with E-state index in [-0.39, 0.29) is 12.5 Å². The van der Waals surface area contributed by atoms with E-state index in [0.29, 0.717) is 24.5 Å². The third-order valence-electron chi connectivity index (χ3n) is 4.39. The van der Waals surface area contributed by atoms with Crippen LogP contribution in [0.3, 0.4) is 0 Å². The summed E-state index contributed by atoms with van der Waals surface area (Å²) in [6.07, 6.45) is 5.74. The lowest BCUT2D eigenvalue weighted by atomic mass is 9.92. The standard InChI is InChI=1S/C17H22FN5O2/c1-21-9-14(20-12-21)16(24)22(2)10-17(25)6-3-7-23(11-17)15-5-4-13(18)8-19-15/h4-5,8-9,12,25H,3,6-7,10-11H2,1-2H3/t17-/m1/s1. The first kappa shape index (κ1) is 17.3. The molecule has 0 aromatic carbocycles. The Bertz CT molecular complexity index is 748. The van der Waals surface area contributed by atoms with E-state index in [1.165, 1.54) is 17.2 Å². The summed E-state index contributed by atoms with van der Waals surface area (Å²) in [5, 5.41) is 11.0. The molecule has 3 rings (SSSR count). The van der Waals surface area contributed by atoms with Crippen LogP contribution >= 0.6 is 0 Å². The zero-order chi connectivity index (χ0) is 18.0. The highest BCUT2D eigenvalue weighted by atomic mass is 19.1. The van der Waals surface area contributed by atoms with Crippen LogP contribution in [0.15, 0.2) is 30.9 Å². The molecule has 0 bridgehead atoms. The summed E-state index contributed by atoms with van der Waals surface area (Å²) in [6, 6.07) is 2.95. The van der Waals surface area contributed by atoms with Gasteiger partial charge in [0.2, 0.25) is 0 Å². The van der Waals surface area contributed by atoms with Crippen molar-refractivity contribution >= 4 is 11.7 Å². The zero-order valence-electron chi connectivity index (χ0n) is 14.4. The second-order valence-electron chi connectivity index (χ2n) is 6.67. The minimum atomic E-state index is -1.05. The summed E-state index contributed by atoms with van der Waals surface area (Å²) in [4.78, 5) is 24.0. The maximum atomic E-state index is 13.0. The number of likely N-dealkylation sites (N-methyl/N-ethyl adjacent to an activating group) is 1. The molecule has 0 radical (unpaired) electrons. The van der Waals surface area contributed by atoms with Gasteiger partial charge in [-0.05, 0) is 25.0 Å². The van der Waals surface area contributed by atoms with Crippen LogP contribution in [0.5, 0.6) is 0 Å². The molecule has 0 spiro atoms. The van der Waals surface area contributed by atoms with E-state index in [2.05, 4.69) is 9.97 Å². The lowest BCUT2D eigenvalue weighted by molar-refractivity contribution is -0.000268. The SMILES string of the molecule is CN(C[C@]1(O)CCCN(c2ccc(F)cn2)C1)C(=O)c1cn(C)cn1. The molecule has 1 aliphatic rings.